The first-order valence-electron chi connectivity index (χ1n) is 8.36. The average molecular weight is 333 g/mol. The van der Waals surface area contributed by atoms with Crippen LogP contribution in [0.1, 0.15) is 37.0 Å². The lowest BCUT2D eigenvalue weighted by molar-refractivity contribution is -0.141. The fourth-order valence-electron chi connectivity index (χ4n) is 3.59. The van der Waals surface area contributed by atoms with Gasteiger partial charge in [0.1, 0.15) is 11.9 Å². The van der Waals surface area contributed by atoms with Crippen molar-refractivity contribution in [3.05, 3.63) is 23.9 Å². The maximum atomic E-state index is 13.0. The van der Waals surface area contributed by atoms with Gasteiger partial charge in [-0.1, -0.05) is 0 Å². The van der Waals surface area contributed by atoms with Crippen LogP contribution in [0.25, 0.3) is 0 Å². The molecule has 2 unspecified atom stereocenters. The Morgan fingerprint density at radius 1 is 1.29 bits per heavy atom. The number of carboxylic acid groups (broad SMARTS) is 1. The molecule has 0 aliphatic carbocycles. The minimum atomic E-state index is -0.945. The van der Waals surface area contributed by atoms with Crippen molar-refractivity contribution in [2.24, 2.45) is 0 Å². The zero-order valence-corrected chi connectivity index (χ0v) is 14.0. The molecule has 1 amide bonds. The minimum Gasteiger partial charge on any atom is -0.480 e. The van der Waals surface area contributed by atoms with E-state index in [9.17, 15) is 14.7 Å². The van der Waals surface area contributed by atoms with Crippen LogP contribution in [0.15, 0.2) is 18.3 Å². The van der Waals surface area contributed by atoms with Crippen molar-refractivity contribution in [1.82, 2.24) is 9.88 Å². The van der Waals surface area contributed by atoms with E-state index in [1.54, 1.807) is 18.3 Å². The molecule has 1 N–H and O–H groups in total. The first-order chi connectivity index (χ1) is 11.5. The summed E-state index contributed by atoms with van der Waals surface area (Å²) in [5.41, 5.74) is 0.465. The maximum Gasteiger partial charge on any atom is 0.326 e. The zero-order chi connectivity index (χ0) is 17.3. The summed E-state index contributed by atoms with van der Waals surface area (Å²) in [5, 5.41) is 9.33. The van der Waals surface area contributed by atoms with Crippen LogP contribution in [0.3, 0.4) is 0 Å². The Hall–Kier alpha value is -2.15. The van der Waals surface area contributed by atoms with Gasteiger partial charge in [0.15, 0.2) is 0 Å². The summed E-state index contributed by atoms with van der Waals surface area (Å²) < 4.78 is 5.74. The Balaban J connectivity index is 1.89. The fourth-order valence-corrected chi connectivity index (χ4v) is 3.59. The van der Waals surface area contributed by atoms with E-state index in [2.05, 4.69) is 9.88 Å². The molecule has 0 spiro atoms. The topological polar surface area (TPSA) is 83.0 Å². The van der Waals surface area contributed by atoms with E-state index in [0.29, 0.717) is 43.9 Å². The van der Waals surface area contributed by atoms with Gasteiger partial charge in [-0.3, -0.25) is 4.79 Å². The van der Waals surface area contributed by atoms with Gasteiger partial charge < -0.3 is 19.6 Å². The standard InChI is InChI=1S/C17H23N3O4/c1-11-9-19(10-12(2)24-11)15-13(5-3-7-18-15)16(21)20-8-4-6-14(20)17(22)23/h3,5,7,11-12,14H,4,6,8-10H2,1-2H3,(H,22,23)/t11?,12?,14-/m1/s1. The normalized spacial score (nSPS) is 27.3. The molecule has 7 nitrogen and oxygen atoms in total. The molecule has 24 heavy (non-hydrogen) atoms. The molecule has 0 saturated carbocycles. The SMILES string of the molecule is CC1CN(c2ncccc2C(=O)N2CCC[C@@H]2C(=O)O)CC(C)O1. The minimum absolute atomic E-state index is 0.0530. The number of aromatic nitrogens is 1. The second-order valence-corrected chi connectivity index (χ2v) is 6.53. The molecule has 7 heteroatoms. The average Bonchev–Trinajstić information content (AvgIpc) is 3.03. The molecule has 1 aromatic rings. The summed E-state index contributed by atoms with van der Waals surface area (Å²) >= 11 is 0. The third kappa shape index (κ3) is 3.21. The van der Waals surface area contributed by atoms with Gasteiger partial charge in [-0.2, -0.15) is 0 Å². The fraction of sp³-hybridized carbons (Fsp3) is 0.588. The summed E-state index contributed by atoms with van der Waals surface area (Å²) in [4.78, 5) is 32.3. The third-order valence-corrected chi connectivity index (χ3v) is 4.53. The highest BCUT2D eigenvalue weighted by Gasteiger charge is 2.36. The summed E-state index contributed by atoms with van der Waals surface area (Å²) in [6.45, 7) is 5.77. The van der Waals surface area contributed by atoms with Gasteiger partial charge in [0.05, 0.1) is 17.8 Å². The number of likely N-dealkylation sites (tertiary alicyclic amines) is 1. The molecule has 0 bridgehead atoms. The van der Waals surface area contributed by atoms with E-state index in [4.69, 9.17) is 4.74 Å². The number of aliphatic carboxylic acids is 1. The number of nitrogens with zero attached hydrogens (tertiary/aromatic N) is 3. The highest BCUT2D eigenvalue weighted by molar-refractivity contribution is 6.01. The molecule has 2 aliphatic rings. The highest BCUT2D eigenvalue weighted by atomic mass is 16.5. The molecular formula is C17H23N3O4. The lowest BCUT2D eigenvalue weighted by Gasteiger charge is -2.37. The Labute approximate surface area is 141 Å². The molecule has 3 rings (SSSR count). The Bertz CT molecular complexity index is 626. The van der Waals surface area contributed by atoms with E-state index in [1.807, 2.05) is 13.8 Å². The van der Waals surface area contributed by atoms with Crippen LogP contribution in [-0.4, -0.2) is 64.8 Å². The predicted octanol–water partition coefficient (Wildman–Crippen LogP) is 1.38. The monoisotopic (exact) mass is 333 g/mol. The van der Waals surface area contributed by atoms with Crippen LogP contribution < -0.4 is 4.90 Å². The van der Waals surface area contributed by atoms with E-state index < -0.39 is 12.0 Å². The smallest absolute Gasteiger partial charge is 0.326 e. The van der Waals surface area contributed by atoms with Gasteiger partial charge in [-0.15, -0.1) is 0 Å². The number of ether oxygens (including phenoxy) is 1. The van der Waals surface area contributed by atoms with Crippen molar-refractivity contribution in [3.63, 3.8) is 0 Å². The number of hydrogen-bond acceptors (Lipinski definition) is 5. The number of rotatable bonds is 3. The van der Waals surface area contributed by atoms with Gasteiger partial charge in [0.25, 0.3) is 5.91 Å². The number of carbonyl (C=O) groups excluding carboxylic acids is 1. The highest BCUT2D eigenvalue weighted by Crippen LogP contribution is 2.26. The molecule has 1 aromatic heterocycles. The van der Waals surface area contributed by atoms with Crippen molar-refractivity contribution in [2.45, 2.75) is 44.9 Å². The van der Waals surface area contributed by atoms with E-state index in [-0.39, 0.29) is 18.1 Å². The van der Waals surface area contributed by atoms with E-state index in [1.165, 1.54) is 4.90 Å². The van der Waals surface area contributed by atoms with Gasteiger partial charge in [0, 0.05) is 25.8 Å². The first kappa shape index (κ1) is 16.7. The summed E-state index contributed by atoms with van der Waals surface area (Å²) in [6, 6.07) is 2.70. The number of pyridine rings is 1. The molecule has 3 heterocycles. The molecular weight excluding hydrogens is 310 g/mol. The second kappa shape index (κ2) is 6.76. The van der Waals surface area contributed by atoms with Gasteiger partial charge in [-0.25, -0.2) is 9.78 Å². The zero-order valence-electron chi connectivity index (χ0n) is 14.0. The number of amides is 1. The van der Waals surface area contributed by atoms with Gasteiger partial charge >= 0.3 is 5.97 Å². The van der Waals surface area contributed by atoms with Crippen LogP contribution in [0.2, 0.25) is 0 Å². The summed E-state index contributed by atoms with van der Waals surface area (Å²) in [5.74, 6) is -0.588. The molecule has 0 aromatic carbocycles. The second-order valence-electron chi connectivity index (χ2n) is 6.53. The maximum absolute atomic E-state index is 13.0. The van der Waals surface area contributed by atoms with Crippen LogP contribution >= 0.6 is 0 Å². The van der Waals surface area contributed by atoms with Gasteiger partial charge in [-0.05, 0) is 38.8 Å². The largest absolute Gasteiger partial charge is 0.480 e. The number of anilines is 1. The van der Waals surface area contributed by atoms with Crippen LogP contribution in [0, 0.1) is 0 Å². The Kier molecular flexibility index (Phi) is 4.71. The quantitative estimate of drug-likeness (QED) is 0.900. The Morgan fingerprint density at radius 2 is 2.00 bits per heavy atom. The molecule has 3 atom stereocenters. The van der Waals surface area contributed by atoms with Crippen molar-refractivity contribution in [1.29, 1.82) is 0 Å². The lowest BCUT2D eigenvalue weighted by atomic mass is 10.1. The van der Waals surface area contributed by atoms with Crippen molar-refractivity contribution in [2.75, 3.05) is 24.5 Å². The number of carboxylic acids is 1. The van der Waals surface area contributed by atoms with Gasteiger partial charge in [0.2, 0.25) is 0 Å². The number of carbonyl (C=O) groups is 2. The summed E-state index contributed by atoms with van der Waals surface area (Å²) in [7, 11) is 0. The van der Waals surface area contributed by atoms with E-state index in [0.717, 1.165) is 0 Å². The number of hydrogen-bond donors (Lipinski definition) is 1. The molecule has 2 fully saturated rings. The third-order valence-electron chi connectivity index (χ3n) is 4.53. The molecule has 130 valence electrons. The number of morpholine rings is 1. The van der Waals surface area contributed by atoms with Crippen molar-refractivity contribution < 1.29 is 19.4 Å². The Morgan fingerprint density at radius 3 is 2.67 bits per heavy atom. The lowest BCUT2D eigenvalue weighted by Crippen LogP contribution is -2.47. The van der Waals surface area contributed by atoms with Crippen LogP contribution in [0.5, 0.6) is 0 Å². The van der Waals surface area contributed by atoms with Crippen molar-refractivity contribution >= 4 is 17.7 Å². The molecule has 0 radical (unpaired) electrons. The summed E-state index contributed by atoms with van der Waals surface area (Å²) in [6.07, 6.45) is 2.98. The predicted molar refractivity (Wildman–Crippen MR) is 88.2 cm³/mol. The molecule has 2 aliphatic heterocycles. The van der Waals surface area contributed by atoms with Crippen molar-refractivity contribution in [3.8, 4) is 0 Å². The first-order valence-corrected chi connectivity index (χ1v) is 8.36. The van der Waals surface area contributed by atoms with Crippen LogP contribution in [0.4, 0.5) is 5.82 Å². The van der Waals surface area contributed by atoms with Crippen LogP contribution in [-0.2, 0) is 9.53 Å². The van der Waals surface area contributed by atoms with E-state index >= 15 is 0 Å². The molecule has 2 saturated heterocycles.